The van der Waals surface area contributed by atoms with E-state index in [9.17, 15) is 8.42 Å². The summed E-state index contributed by atoms with van der Waals surface area (Å²) in [4.78, 5) is 0. The molecule has 0 fully saturated rings. The monoisotopic (exact) mass is 272 g/mol. The van der Waals surface area contributed by atoms with Crippen LogP contribution in [0.25, 0.3) is 0 Å². The highest BCUT2D eigenvalue weighted by Gasteiger charge is 2.17. The van der Waals surface area contributed by atoms with Crippen LogP contribution < -0.4 is 4.72 Å². The lowest BCUT2D eigenvalue weighted by molar-refractivity contribution is 0.276. The molecule has 0 saturated carbocycles. The maximum atomic E-state index is 12.0. The third-order valence-corrected chi connectivity index (χ3v) is 4.37. The molecule has 0 radical (unpaired) electrons. The van der Waals surface area contributed by atoms with Crippen LogP contribution >= 0.6 is 0 Å². The normalized spacial score (nSPS) is 11.8. The summed E-state index contributed by atoms with van der Waals surface area (Å²) in [6.45, 7) is 4.07. The van der Waals surface area contributed by atoms with Gasteiger partial charge in [0.05, 0.1) is 5.69 Å². The van der Waals surface area contributed by atoms with Crippen molar-refractivity contribution in [1.29, 1.82) is 0 Å². The molecule has 2 N–H and O–H groups in total. The number of aliphatic hydroxyl groups excluding tert-OH is 1. The Morgan fingerprint density at radius 1 is 1.33 bits per heavy atom. The maximum absolute atomic E-state index is 12.0. The highest BCUT2D eigenvalue weighted by Crippen LogP contribution is 2.19. The Kier molecular flexibility index (Phi) is 5.13. The molecule has 0 aliphatic carbocycles. The minimum Gasteiger partial charge on any atom is -0.396 e. The number of hydrogen-bond donors (Lipinski definition) is 2. The highest BCUT2D eigenvalue weighted by atomic mass is 32.2. The Labute approximate surface area is 109 Å². The lowest BCUT2D eigenvalue weighted by Crippen LogP contribution is -2.33. The van der Waals surface area contributed by atoms with Gasteiger partial charge in [-0.05, 0) is 37.5 Å². The fourth-order valence-electron chi connectivity index (χ4n) is 1.49. The van der Waals surface area contributed by atoms with Crippen molar-refractivity contribution in [2.45, 2.75) is 20.3 Å². The second kappa shape index (κ2) is 6.17. The van der Waals surface area contributed by atoms with E-state index in [1.807, 2.05) is 26.0 Å². The maximum Gasteiger partial charge on any atom is 0.301 e. The predicted molar refractivity (Wildman–Crippen MR) is 72.8 cm³/mol. The fourth-order valence-corrected chi connectivity index (χ4v) is 2.52. The second-order valence-electron chi connectivity index (χ2n) is 4.25. The lowest BCUT2D eigenvalue weighted by atomic mass is 10.1. The van der Waals surface area contributed by atoms with Crippen LogP contribution in [-0.4, -0.2) is 38.0 Å². The molecular weight excluding hydrogens is 252 g/mol. The van der Waals surface area contributed by atoms with Crippen LogP contribution in [-0.2, 0) is 10.2 Å². The van der Waals surface area contributed by atoms with Crippen molar-refractivity contribution in [3.63, 3.8) is 0 Å². The van der Waals surface area contributed by atoms with Crippen LogP contribution in [0.3, 0.4) is 0 Å². The van der Waals surface area contributed by atoms with E-state index in [1.54, 1.807) is 6.07 Å². The van der Waals surface area contributed by atoms with Crippen molar-refractivity contribution in [1.82, 2.24) is 4.31 Å². The molecule has 0 bridgehead atoms. The van der Waals surface area contributed by atoms with Gasteiger partial charge in [-0.1, -0.05) is 12.1 Å². The van der Waals surface area contributed by atoms with Crippen LogP contribution in [0, 0.1) is 13.8 Å². The molecule has 102 valence electrons. The first-order chi connectivity index (χ1) is 8.38. The van der Waals surface area contributed by atoms with E-state index in [0.29, 0.717) is 12.1 Å². The zero-order valence-corrected chi connectivity index (χ0v) is 11.8. The molecule has 18 heavy (non-hydrogen) atoms. The Morgan fingerprint density at radius 3 is 2.61 bits per heavy atom. The van der Waals surface area contributed by atoms with Gasteiger partial charge in [0, 0.05) is 20.2 Å². The molecule has 0 aromatic heterocycles. The first-order valence-corrected chi connectivity index (χ1v) is 7.23. The van der Waals surface area contributed by atoms with Gasteiger partial charge in [-0.15, -0.1) is 0 Å². The first kappa shape index (κ1) is 14.9. The number of nitrogens with one attached hydrogen (secondary N) is 1. The summed E-state index contributed by atoms with van der Waals surface area (Å²) in [5.74, 6) is 0. The van der Waals surface area contributed by atoms with E-state index >= 15 is 0 Å². The van der Waals surface area contributed by atoms with E-state index in [4.69, 9.17) is 5.11 Å². The molecule has 0 heterocycles. The van der Waals surface area contributed by atoms with Crippen LogP contribution in [0.4, 0.5) is 5.69 Å². The Hall–Kier alpha value is -1.11. The van der Waals surface area contributed by atoms with Crippen molar-refractivity contribution < 1.29 is 13.5 Å². The minimum absolute atomic E-state index is 0.0245. The molecule has 5 nitrogen and oxygen atoms in total. The summed E-state index contributed by atoms with van der Waals surface area (Å²) in [6.07, 6.45) is 0.421. The fraction of sp³-hybridized carbons (Fsp3) is 0.500. The smallest absolute Gasteiger partial charge is 0.301 e. The molecule has 6 heteroatoms. The van der Waals surface area contributed by atoms with Gasteiger partial charge < -0.3 is 5.11 Å². The van der Waals surface area contributed by atoms with Crippen molar-refractivity contribution in [3.8, 4) is 0 Å². The number of aryl methyl sites for hydroxylation is 1. The topological polar surface area (TPSA) is 69.6 Å². The molecule has 0 aliphatic heterocycles. The lowest BCUT2D eigenvalue weighted by Gasteiger charge is -2.19. The Bertz CT molecular complexity index is 500. The van der Waals surface area contributed by atoms with Gasteiger partial charge in [0.15, 0.2) is 0 Å². The molecule has 0 aliphatic rings. The minimum atomic E-state index is -3.55. The number of anilines is 1. The standard InChI is InChI=1S/C12H20N2O3S/c1-10-6-4-7-12(11(10)2)13-18(16,17)14(3)8-5-9-15/h4,6-7,13,15H,5,8-9H2,1-3H3. The molecule has 1 aromatic rings. The van der Waals surface area contributed by atoms with Crippen molar-refractivity contribution in [2.75, 3.05) is 24.9 Å². The van der Waals surface area contributed by atoms with Gasteiger partial charge in [0.25, 0.3) is 0 Å². The molecule has 0 spiro atoms. The van der Waals surface area contributed by atoms with Crippen LogP contribution in [0.5, 0.6) is 0 Å². The summed E-state index contributed by atoms with van der Waals surface area (Å²) in [5.41, 5.74) is 2.54. The third kappa shape index (κ3) is 3.69. The zero-order valence-electron chi connectivity index (χ0n) is 11.0. The quantitative estimate of drug-likeness (QED) is 0.819. The van der Waals surface area contributed by atoms with Crippen molar-refractivity contribution in [3.05, 3.63) is 29.3 Å². The van der Waals surface area contributed by atoms with E-state index in [-0.39, 0.29) is 13.2 Å². The second-order valence-corrected chi connectivity index (χ2v) is 6.03. The molecule has 0 unspecified atom stereocenters. The summed E-state index contributed by atoms with van der Waals surface area (Å²) in [7, 11) is -2.06. The third-order valence-electron chi connectivity index (χ3n) is 2.89. The first-order valence-electron chi connectivity index (χ1n) is 5.79. The highest BCUT2D eigenvalue weighted by molar-refractivity contribution is 7.90. The number of benzene rings is 1. The zero-order chi connectivity index (χ0) is 13.8. The predicted octanol–water partition coefficient (Wildman–Crippen LogP) is 1.27. The van der Waals surface area contributed by atoms with E-state index in [0.717, 1.165) is 11.1 Å². The largest absolute Gasteiger partial charge is 0.396 e. The summed E-state index contributed by atoms with van der Waals surface area (Å²) in [6, 6.07) is 5.48. The molecule has 0 amide bonds. The molecule has 0 atom stereocenters. The van der Waals surface area contributed by atoms with E-state index < -0.39 is 10.2 Å². The van der Waals surface area contributed by atoms with Crippen molar-refractivity contribution >= 4 is 15.9 Å². The van der Waals surface area contributed by atoms with Gasteiger partial charge >= 0.3 is 10.2 Å². The number of rotatable bonds is 6. The Morgan fingerprint density at radius 2 is 2.00 bits per heavy atom. The van der Waals surface area contributed by atoms with Crippen LogP contribution in [0.1, 0.15) is 17.5 Å². The van der Waals surface area contributed by atoms with Crippen LogP contribution in [0.15, 0.2) is 18.2 Å². The van der Waals surface area contributed by atoms with E-state index in [2.05, 4.69) is 4.72 Å². The SMILES string of the molecule is Cc1cccc(NS(=O)(=O)N(C)CCCO)c1C. The number of aliphatic hydroxyl groups is 1. The van der Waals surface area contributed by atoms with Gasteiger partial charge in [-0.25, -0.2) is 0 Å². The molecule has 0 saturated heterocycles. The van der Waals surface area contributed by atoms with Crippen LogP contribution in [0.2, 0.25) is 0 Å². The van der Waals surface area contributed by atoms with Gasteiger partial charge in [-0.2, -0.15) is 12.7 Å². The average molecular weight is 272 g/mol. The summed E-state index contributed by atoms with van der Waals surface area (Å²) < 4.78 is 27.8. The summed E-state index contributed by atoms with van der Waals surface area (Å²) in [5, 5.41) is 8.71. The van der Waals surface area contributed by atoms with Gasteiger partial charge in [0.2, 0.25) is 0 Å². The van der Waals surface area contributed by atoms with Gasteiger partial charge in [0.1, 0.15) is 0 Å². The van der Waals surface area contributed by atoms with Gasteiger partial charge in [-0.3, -0.25) is 4.72 Å². The Balaban J connectivity index is 2.85. The number of nitrogens with zero attached hydrogens (tertiary/aromatic N) is 1. The summed E-state index contributed by atoms with van der Waals surface area (Å²) >= 11 is 0. The van der Waals surface area contributed by atoms with E-state index in [1.165, 1.54) is 11.4 Å². The number of hydrogen-bond acceptors (Lipinski definition) is 3. The van der Waals surface area contributed by atoms with Crippen molar-refractivity contribution in [2.24, 2.45) is 0 Å². The molecule has 1 aromatic carbocycles. The average Bonchev–Trinajstić information content (AvgIpc) is 2.31. The molecule has 1 rings (SSSR count). The molecular formula is C12H20N2O3S.